The molecule has 1 heterocycles. The third-order valence-corrected chi connectivity index (χ3v) is 6.61. The van der Waals surface area contributed by atoms with Gasteiger partial charge in [-0.05, 0) is 36.0 Å². The number of dihydropyridines is 1. The van der Waals surface area contributed by atoms with E-state index in [0.717, 1.165) is 33.4 Å². The molecule has 0 radical (unpaired) electrons. The Morgan fingerprint density at radius 3 is 2.48 bits per heavy atom. The van der Waals surface area contributed by atoms with Crippen LogP contribution < -0.4 is 5.32 Å². The van der Waals surface area contributed by atoms with Gasteiger partial charge in [-0.1, -0.05) is 78.3 Å². The highest BCUT2D eigenvalue weighted by molar-refractivity contribution is 9.10. The zero-order chi connectivity index (χ0) is 22.2. The van der Waals surface area contributed by atoms with E-state index in [1.165, 1.54) is 0 Å². The number of carbonyl (C=O) groups excluding carboxylic acids is 2. The number of ether oxygens (including phenoxy) is 1. The van der Waals surface area contributed by atoms with Crippen molar-refractivity contribution < 1.29 is 14.3 Å². The van der Waals surface area contributed by atoms with Crippen LogP contribution in [0.2, 0.25) is 0 Å². The Morgan fingerprint density at radius 1 is 1.10 bits per heavy atom. The average Bonchev–Trinajstić information content (AvgIpc) is 2.71. The first-order chi connectivity index (χ1) is 14.8. The summed E-state index contributed by atoms with van der Waals surface area (Å²) in [6.45, 7) is 6.28. The van der Waals surface area contributed by atoms with Crippen LogP contribution in [0.3, 0.4) is 0 Å². The number of ketones is 1. The van der Waals surface area contributed by atoms with Crippen molar-refractivity contribution in [3.8, 4) is 0 Å². The number of rotatable bonds is 4. The third-order valence-electron chi connectivity index (χ3n) is 5.89. The fourth-order valence-electron chi connectivity index (χ4n) is 4.53. The monoisotopic (exact) mass is 479 g/mol. The molecule has 0 amide bonds. The van der Waals surface area contributed by atoms with Gasteiger partial charge in [0.1, 0.15) is 6.61 Å². The van der Waals surface area contributed by atoms with Crippen LogP contribution in [0.5, 0.6) is 0 Å². The molecule has 0 fully saturated rings. The first-order valence-corrected chi connectivity index (χ1v) is 11.3. The Kier molecular flexibility index (Phi) is 5.89. The van der Waals surface area contributed by atoms with Crippen molar-refractivity contribution in [1.29, 1.82) is 0 Å². The van der Waals surface area contributed by atoms with E-state index < -0.39 is 11.9 Å². The molecule has 0 spiro atoms. The van der Waals surface area contributed by atoms with Crippen molar-refractivity contribution in [2.45, 2.75) is 46.1 Å². The molecule has 5 heteroatoms. The summed E-state index contributed by atoms with van der Waals surface area (Å²) >= 11 is 3.63. The van der Waals surface area contributed by atoms with E-state index in [2.05, 4.69) is 35.1 Å². The van der Waals surface area contributed by atoms with Gasteiger partial charge in [-0.3, -0.25) is 4.79 Å². The quantitative estimate of drug-likeness (QED) is 0.563. The van der Waals surface area contributed by atoms with E-state index in [1.807, 2.05) is 61.5 Å². The van der Waals surface area contributed by atoms with Crippen molar-refractivity contribution >= 4 is 27.7 Å². The predicted molar refractivity (Wildman–Crippen MR) is 124 cm³/mol. The van der Waals surface area contributed by atoms with E-state index in [0.29, 0.717) is 17.6 Å². The van der Waals surface area contributed by atoms with Crippen molar-refractivity contribution in [3.63, 3.8) is 0 Å². The van der Waals surface area contributed by atoms with Crippen LogP contribution in [-0.2, 0) is 20.9 Å². The van der Waals surface area contributed by atoms with Crippen LogP contribution >= 0.6 is 15.9 Å². The molecule has 1 atom stereocenters. The minimum absolute atomic E-state index is 0.0837. The summed E-state index contributed by atoms with van der Waals surface area (Å²) < 4.78 is 6.57. The Bertz CT molecular complexity index is 1100. The molecule has 0 aromatic heterocycles. The summed E-state index contributed by atoms with van der Waals surface area (Å²) in [7, 11) is 0. The van der Waals surface area contributed by atoms with Crippen LogP contribution in [-0.4, -0.2) is 11.8 Å². The number of halogens is 1. The van der Waals surface area contributed by atoms with E-state index in [9.17, 15) is 9.59 Å². The molecule has 0 unspecified atom stereocenters. The van der Waals surface area contributed by atoms with Crippen LogP contribution in [0.4, 0.5) is 0 Å². The van der Waals surface area contributed by atoms with E-state index in [1.54, 1.807) is 0 Å². The summed E-state index contributed by atoms with van der Waals surface area (Å²) in [5.41, 5.74) is 4.54. The summed E-state index contributed by atoms with van der Waals surface area (Å²) in [5.74, 6) is -0.780. The standard InChI is InChI=1S/C26H26BrNO3/c1-16-22(25(30)31-15-17-9-5-4-6-10-17)23(18-11-7-8-12-19(18)27)24-20(28-16)13-26(2,3)14-21(24)29/h4-12,23,28H,13-15H2,1-3H3/t23-/m0/s1. The minimum Gasteiger partial charge on any atom is -0.457 e. The van der Waals surface area contributed by atoms with E-state index in [4.69, 9.17) is 4.74 Å². The number of nitrogens with one attached hydrogen (secondary N) is 1. The highest BCUT2D eigenvalue weighted by Crippen LogP contribution is 2.48. The number of esters is 1. The number of hydrogen-bond donors (Lipinski definition) is 1. The molecular weight excluding hydrogens is 454 g/mol. The van der Waals surface area contributed by atoms with Gasteiger partial charge < -0.3 is 10.1 Å². The molecule has 4 rings (SSSR count). The molecule has 1 N–H and O–H groups in total. The molecule has 31 heavy (non-hydrogen) atoms. The number of hydrogen-bond acceptors (Lipinski definition) is 4. The van der Waals surface area contributed by atoms with Crippen LogP contribution in [0.15, 0.2) is 81.6 Å². The molecular formula is C26H26BrNO3. The molecule has 1 aliphatic carbocycles. The summed E-state index contributed by atoms with van der Waals surface area (Å²) in [4.78, 5) is 26.6. The normalized spacial score (nSPS) is 20.3. The molecule has 2 aromatic carbocycles. The SMILES string of the molecule is CC1=C(C(=O)OCc2ccccc2)[C@H](c2ccccc2Br)C2=C(CC(C)(C)CC2=O)N1. The van der Waals surface area contributed by atoms with Gasteiger partial charge in [0.15, 0.2) is 5.78 Å². The van der Waals surface area contributed by atoms with Gasteiger partial charge in [0.05, 0.1) is 5.57 Å². The van der Waals surface area contributed by atoms with Gasteiger partial charge in [-0.2, -0.15) is 0 Å². The lowest BCUT2D eigenvalue weighted by Crippen LogP contribution is -2.38. The molecule has 0 saturated heterocycles. The number of benzene rings is 2. The second-order valence-electron chi connectivity index (χ2n) is 9.01. The van der Waals surface area contributed by atoms with Crippen molar-refractivity contribution in [3.05, 3.63) is 92.7 Å². The first kappa shape index (κ1) is 21.6. The Hall–Kier alpha value is -2.66. The predicted octanol–water partition coefficient (Wildman–Crippen LogP) is 5.80. The third kappa shape index (κ3) is 4.38. The maximum Gasteiger partial charge on any atom is 0.337 e. The van der Waals surface area contributed by atoms with Gasteiger partial charge in [-0.15, -0.1) is 0 Å². The molecule has 0 saturated carbocycles. The van der Waals surface area contributed by atoms with E-state index in [-0.39, 0.29) is 17.8 Å². The van der Waals surface area contributed by atoms with Gasteiger partial charge in [0.25, 0.3) is 0 Å². The van der Waals surface area contributed by atoms with Gasteiger partial charge in [0.2, 0.25) is 0 Å². The van der Waals surface area contributed by atoms with E-state index >= 15 is 0 Å². The van der Waals surface area contributed by atoms with Gasteiger partial charge >= 0.3 is 5.97 Å². The van der Waals surface area contributed by atoms with Crippen LogP contribution in [0.1, 0.15) is 50.7 Å². The second-order valence-corrected chi connectivity index (χ2v) is 9.87. The van der Waals surface area contributed by atoms with Gasteiger partial charge in [-0.25, -0.2) is 4.79 Å². The zero-order valence-electron chi connectivity index (χ0n) is 18.0. The lowest BCUT2D eigenvalue weighted by molar-refractivity contribution is -0.140. The van der Waals surface area contributed by atoms with Crippen LogP contribution in [0, 0.1) is 5.41 Å². The molecule has 0 bridgehead atoms. The van der Waals surface area contributed by atoms with Crippen molar-refractivity contribution in [2.75, 3.05) is 0 Å². The topological polar surface area (TPSA) is 55.4 Å². The number of Topliss-reactive ketones (excluding diaryl/α,β-unsaturated/α-hetero) is 1. The summed E-state index contributed by atoms with van der Waals surface area (Å²) in [6, 6.07) is 17.4. The lowest BCUT2D eigenvalue weighted by atomic mass is 9.68. The maximum atomic E-state index is 13.3. The van der Waals surface area contributed by atoms with Gasteiger partial charge in [0, 0.05) is 33.8 Å². The molecule has 160 valence electrons. The van der Waals surface area contributed by atoms with Crippen LogP contribution in [0.25, 0.3) is 0 Å². The Balaban J connectivity index is 1.75. The summed E-state index contributed by atoms with van der Waals surface area (Å²) in [5, 5.41) is 3.37. The average molecular weight is 480 g/mol. The molecule has 1 aliphatic heterocycles. The lowest BCUT2D eigenvalue weighted by Gasteiger charge is -2.39. The largest absolute Gasteiger partial charge is 0.457 e. The maximum absolute atomic E-state index is 13.3. The molecule has 2 aliphatic rings. The minimum atomic E-state index is -0.460. The fourth-order valence-corrected chi connectivity index (χ4v) is 5.04. The number of allylic oxidation sites excluding steroid dienone is 3. The highest BCUT2D eigenvalue weighted by Gasteiger charge is 2.43. The number of carbonyl (C=O) groups is 2. The zero-order valence-corrected chi connectivity index (χ0v) is 19.6. The van der Waals surface area contributed by atoms with Crippen molar-refractivity contribution in [1.82, 2.24) is 5.32 Å². The highest BCUT2D eigenvalue weighted by atomic mass is 79.9. The first-order valence-electron chi connectivity index (χ1n) is 10.5. The second kappa shape index (κ2) is 8.46. The summed E-state index contributed by atoms with van der Waals surface area (Å²) in [6.07, 6.45) is 1.22. The molecule has 4 nitrogen and oxygen atoms in total. The Morgan fingerprint density at radius 2 is 1.77 bits per heavy atom. The van der Waals surface area contributed by atoms with Crippen molar-refractivity contribution in [2.24, 2.45) is 5.41 Å². The smallest absolute Gasteiger partial charge is 0.337 e. The fraction of sp³-hybridized carbons (Fsp3) is 0.308. The molecule has 2 aromatic rings. The Labute approximate surface area is 191 Å².